The highest BCUT2D eigenvalue weighted by atomic mass is 16.7. The molecule has 2 nitrogen and oxygen atoms in total. The van der Waals surface area contributed by atoms with Crippen LogP contribution in [0.2, 0.25) is 0 Å². The van der Waals surface area contributed by atoms with Crippen LogP contribution in [0.4, 0.5) is 0 Å². The van der Waals surface area contributed by atoms with Crippen molar-refractivity contribution in [3.63, 3.8) is 0 Å². The number of ether oxygens (including phenoxy) is 2. The molecule has 1 saturated carbocycles. The van der Waals surface area contributed by atoms with E-state index in [4.69, 9.17) is 9.47 Å². The molecule has 1 aliphatic carbocycles. The van der Waals surface area contributed by atoms with Gasteiger partial charge in [0.2, 0.25) is 0 Å². The molecule has 3 atom stereocenters. The summed E-state index contributed by atoms with van der Waals surface area (Å²) in [6.45, 7) is 5.24. The van der Waals surface area contributed by atoms with Gasteiger partial charge in [-0.1, -0.05) is 74.0 Å². The third-order valence-corrected chi connectivity index (χ3v) is 6.68. The van der Waals surface area contributed by atoms with Crippen LogP contribution < -0.4 is 0 Å². The molecule has 2 aromatic carbocycles. The molecule has 0 unspecified atom stereocenters. The fourth-order valence-corrected chi connectivity index (χ4v) is 5.64. The molecular formula is C25H32O2. The predicted molar refractivity (Wildman–Crippen MR) is 110 cm³/mol. The van der Waals surface area contributed by atoms with E-state index >= 15 is 0 Å². The first-order chi connectivity index (χ1) is 13.2. The average molecular weight is 365 g/mol. The second kappa shape index (κ2) is 7.77. The SMILES string of the molecule is CCC[C@@H](C)O[C@@]12CCC[C@]1(C(c1ccccc1)c1ccccc1)CCO2. The van der Waals surface area contributed by atoms with Crippen molar-refractivity contribution in [1.29, 1.82) is 0 Å². The van der Waals surface area contributed by atoms with Gasteiger partial charge < -0.3 is 9.47 Å². The van der Waals surface area contributed by atoms with Gasteiger partial charge in [0.15, 0.2) is 5.79 Å². The van der Waals surface area contributed by atoms with Crippen molar-refractivity contribution in [3.8, 4) is 0 Å². The molecular weight excluding hydrogens is 332 g/mol. The van der Waals surface area contributed by atoms with Crippen molar-refractivity contribution in [2.24, 2.45) is 5.41 Å². The maximum Gasteiger partial charge on any atom is 0.175 e. The average Bonchev–Trinajstić information content (AvgIpc) is 3.19. The first kappa shape index (κ1) is 18.7. The molecule has 0 spiro atoms. The topological polar surface area (TPSA) is 18.5 Å². The van der Waals surface area contributed by atoms with E-state index in [9.17, 15) is 0 Å². The van der Waals surface area contributed by atoms with Gasteiger partial charge in [-0.2, -0.15) is 0 Å². The van der Waals surface area contributed by atoms with Crippen molar-refractivity contribution < 1.29 is 9.47 Å². The second-order valence-electron chi connectivity index (χ2n) is 8.33. The lowest BCUT2D eigenvalue weighted by Gasteiger charge is -2.46. The first-order valence-corrected chi connectivity index (χ1v) is 10.6. The lowest BCUT2D eigenvalue weighted by atomic mass is 9.64. The molecule has 2 aliphatic rings. The lowest BCUT2D eigenvalue weighted by molar-refractivity contribution is -0.269. The number of hydrogen-bond donors (Lipinski definition) is 0. The van der Waals surface area contributed by atoms with Gasteiger partial charge in [0.25, 0.3) is 0 Å². The minimum atomic E-state index is -0.446. The predicted octanol–water partition coefficient (Wildman–Crippen LogP) is 6.31. The van der Waals surface area contributed by atoms with Crippen molar-refractivity contribution in [3.05, 3.63) is 71.8 Å². The molecule has 0 aromatic heterocycles. The summed E-state index contributed by atoms with van der Waals surface area (Å²) in [4.78, 5) is 0. The van der Waals surface area contributed by atoms with E-state index in [-0.39, 0.29) is 11.5 Å². The number of fused-ring (bicyclic) bond motifs is 1. The van der Waals surface area contributed by atoms with Crippen LogP contribution in [0.5, 0.6) is 0 Å². The molecule has 0 amide bonds. The van der Waals surface area contributed by atoms with Gasteiger partial charge in [0.1, 0.15) is 0 Å². The molecule has 2 heteroatoms. The van der Waals surface area contributed by atoms with E-state index in [0.717, 1.165) is 32.3 Å². The van der Waals surface area contributed by atoms with Crippen LogP contribution in [0.1, 0.15) is 69.4 Å². The summed E-state index contributed by atoms with van der Waals surface area (Å²) in [5.74, 6) is -0.142. The van der Waals surface area contributed by atoms with E-state index in [0.29, 0.717) is 5.92 Å². The summed E-state index contributed by atoms with van der Waals surface area (Å²) in [7, 11) is 0. The van der Waals surface area contributed by atoms with Crippen molar-refractivity contribution in [1.82, 2.24) is 0 Å². The van der Waals surface area contributed by atoms with Gasteiger partial charge in [-0.25, -0.2) is 0 Å². The molecule has 144 valence electrons. The van der Waals surface area contributed by atoms with Crippen molar-refractivity contribution in [2.45, 2.75) is 70.2 Å². The van der Waals surface area contributed by atoms with Gasteiger partial charge in [0.05, 0.1) is 12.7 Å². The van der Waals surface area contributed by atoms with Gasteiger partial charge in [0, 0.05) is 17.8 Å². The minimum Gasteiger partial charge on any atom is -0.349 e. The van der Waals surface area contributed by atoms with Crippen LogP contribution in [-0.2, 0) is 9.47 Å². The number of hydrogen-bond acceptors (Lipinski definition) is 2. The molecule has 1 heterocycles. The largest absolute Gasteiger partial charge is 0.349 e. The van der Waals surface area contributed by atoms with E-state index in [2.05, 4.69) is 74.5 Å². The van der Waals surface area contributed by atoms with Crippen LogP contribution in [0.3, 0.4) is 0 Å². The van der Waals surface area contributed by atoms with Crippen LogP contribution in [-0.4, -0.2) is 18.5 Å². The molecule has 0 N–H and O–H groups in total. The maximum atomic E-state index is 6.77. The Labute approximate surface area is 163 Å². The smallest absolute Gasteiger partial charge is 0.175 e. The Hall–Kier alpha value is -1.64. The maximum absolute atomic E-state index is 6.77. The Morgan fingerprint density at radius 2 is 1.56 bits per heavy atom. The summed E-state index contributed by atoms with van der Waals surface area (Å²) in [5, 5.41) is 0. The van der Waals surface area contributed by atoms with Crippen LogP contribution in [0.25, 0.3) is 0 Å². The Kier molecular flexibility index (Phi) is 5.39. The zero-order valence-corrected chi connectivity index (χ0v) is 16.7. The number of benzene rings is 2. The Morgan fingerprint density at radius 3 is 2.15 bits per heavy atom. The quantitative estimate of drug-likeness (QED) is 0.573. The highest BCUT2D eigenvalue weighted by Crippen LogP contribution is 2.64. The van der Waals surface area contributed by atoms with Gasteiger partial charge in [-0.15, -0.1) is 0 Å². The van der Waals surface area contributed by atoms with Gasteiger partial charge in [-0.3, -0.25) is 0 Å². The van der Waals surface area contributed by atoms with E-state index in [1.165, 1.54) is 24.0 Å². The highest BCUT2D eigenvalue weighted by Gasteiger charge is 2.64. The van der Waals surface area contributed by atoms with Gasteiger partial charge in [-0.05, 0) is 43.7 Å². The Morgan fingerprint density at radius 1 is 0.926 bits per heavy atom. The lowest BCUT2D eigenvalue weighted by Crippen LogP contribution is -2.48. The van der Waals surface area contributed by atoms with Crippen LogP contribution in [0.15, 0.2) is 60.7 Å². The number of rotatable bonds is 7. The van der Waals surface area contributed by atoms with Crippen LogP contribution in [0, 0.1) is 5.41 Å². The zero-order valence-electron chi connectivity index (χ0n) is 16.7. The fourth-order valence-electron chi connectivity index (χ4n) is 5.64. The normalized spacial score (nSPS) is 28.4. The molecule has 1 saturated heterocycles. The molecule has 0 radical (unpaired) electrons. The van der Waals surface area contributed by atoms with Crippen LogP contribution >= 0.6 is 0 Å². The second-order valence-corrected chi connectivity index (χ2v) is 8.33. The standard InChI is InChI=1S/C25H32O2/c1-3-11-20(2)27-25-17-10-16-24(25,18-19-26-25)23(21-12-6-4-7-13-21)22-14-8-5-9-15-22/h4-9,12-15,20,23H,3,10-11,16-19H2,1-2H3/t20-,24-,25+/m1/s1. The van der Waals surface area contributed by atoms with Gasteiger partial charge >= 0.3 is 0 Å². The van der Waals surface area contributed by atoms with E-state index < -0.39 is 5.79 Å². The third-order valence-electron chi connectivity index (χ3n) is 6.68. The summed E-state index contributed by atoms with van der Waals surface area (Å²) in [6, 6.07) is 22.0. The zero-order chi connectivity index (χ0) is 18.7. The molecule has 27 heavy (non-hydrogen) atoms. The molecule has 4 rings (SSSR count). The van der Waals surface area contributed by atoms with E-state index in [1.807, 2.05) is 0 Å². The summed E-state index contributed by atoms with van der Waals surface area (Å²) < 4.78 is 13.3. The Balaban J connectivity index is 1.80. The third kappa shape index (κ3) is 3.23. The summed E-state index contributed by atoms with van der Waals surface area (Å²) in [6.07, 6.45) is 6.89. The minimum absolute atomic E-state index is 0.0116. The molecule has 2 fully saturated rings. The first-order valence-electron chi connectivity index (χ1n) is 10.6. The van der Waals surface area contributed by atoms with E-state index in [1.54, 1.807) is 0 Å². The Bertz CT molecular complexity index is 675. The summed E-state index contributed by atoms with van der Waals surface area (Å²) >= 11 is 0. The summed E-state index contributed by atoms with van der Waals surface area (Å²) in [5.41, 5.74) is 2.77. The fraction of sp³-hybridized carbons (Fsp3) is 0.520. The monoisotopic (exact) mass is 364 g/mol. The highest BCUT2D eigenvalue weighted by molar-refractivity contribution is 5.37. The van der Waals surface area contributed by atoms with Crippen molar-refractivity contribution >= 4 is 0 Å². The molecule has 0 bridgehead atoms. The molecule has 1 aliphatic heterocycles. The van der Waals surface area contributed by atoms with Crippen molar-refractivity contribution in [2.75, 3.05) is 6.61 Å². The molecule has 2 aromatic rings.